The maximum Gasteiger partial charge on any atom is 0.243 e. The number of halogens is 1. The molecule has 0 amide bonds. The lowest BCUT2D eigenvalue weighted by Crippen LogP contribution is -2.08. The maximum absolute atomic E-state index is 12.1. The SMILES string of the molecule is COc1nccnc1C(=O)CSc1ccccc1Cl. The lowest BCUT2D eigenvalue weighted by atomic mass is 10.3. The quantitative estimate of drug-likeness (QED) is 0.626. The van der Waals surface area contributed by atoms with Gasteiger partial charge in [-0.1, -0.05) is 23.7 Å². The zero-order valence-electron chi connectivity index (χ0n) is 10.2. The fraction of sp³-hybridized carbons (Fsp3) is 0.154. The molecule has 0 atom stereocenters. The molecule has 19 heavy (non-hydrogen) atoms. The normalized spacial score (nSPS) is 10.2. The summed E-state index contributed by atoms with van der Waals surface area (Å²) in [6.07, 6.45) is 2.95. The summed E-state index contributed by atoms with van der Waals surface area (Å²) in [5.41, 5.74) is 0.240. The number of ether oxygens (including phenoxy) is 1. The van der Waals surface area contributed by atoms with Crippen LogP contribution in [0.2, 0.25) is 5.02 Å². The number of nitrogens with zero attached hydrogens (tertiary/aromatic N) is 2. The molecule has 0 saturated carbocycles. The van der Waals surface area contributed by atoms with Crippen LogP contribution in [0.4, 0.5) is 0 Å². The molecule has 1 aromatic carbocycles. The van der Waals surface area contributed by atoms with Crippen LogP contribution in [0.5, 0.6) is 5.88 Å². The smallest absolute Gasteiger partial charge is 0.243 e. The summed E-state index contributed by atoms with van der Waals surface area (Å²) in [5, 5.41) is 0.631. The Balaban J connectivity index is 2.08. The number of ketones is 1. The molecule has 0 aliphatic rings. The van der Waals surface area contributed by atoms with Gasteiger partial charge in [0.15, 0.2) is 11.5 Å². The molecule has 98 valence electrons. The second-order valence-corrected chi connectivity index (χ2v) is 4.98. The van der Waals surface area contributed by atoms with E-state index in [-0.39, 0.29) is 23.1 Å². The van der Waals surface area contributed by atoms with Crippen molar-refractivity contribution in [2.75, 3.05) is 12.9 Å². The molecule has 2 aromatic rings. The Labute approximate surface area is 120 Å². The Morgan fingerprint density at radius 2 is 2.05 bits per heavy atom. The molecule has 0 aliphatic heterocycles. The lowest BCUT2D eigenvalue weighted by molar-refractivity contribution is 0.101. The standard InChI is InChI=1S/C13H11ClN2O2S/c1-18-13-12(15-6-7-16-13)10(17)8-19-11-5-3-2-4-9(11)14/h2-7H,8H2,1H3. The molecule has 0 unspecified atom stereocenters. The number of hydrogen-bond donors (Lipinski definition) is 0. The van der Waals surface area contributed by atoms with Crippen LogP contribution in [0.1, 0.15) is 10.5 Å². The molecule has 1 heterocycles. The summed E-state index contributed by atoms with van der Waals surface area (Å²) in [7, 11) is 1.46. The topological polar surface area (TPSA) is 52.1 Å². The number of carbonyl (C=O) groups is 1. The van der Waals surface area contributed by atoms with Gasteiger partial charge in [-0.05, 0) is 12.1 Å². The fourth-order valence-corrected chi connectivity index (χ4v) is 2.54. The van der Waals surface area contributed by atoms with Crippen LogP contribution in [-0.4, -0.2) is 28.6 Å². The van der Waals surface area contributed by atoms with Crippen LogP contribution in [-0.2, 0) is 0 Å². The zero-order chi connectivity index (χ0) is 13.7. The molecule has 0 N–H and O–H groups in total. The number of aromatic nitrogens is 2. The van der Waals surface area contributed by atoms with Gasteiger partial charge in [0.2, 0.25) is 5.88 Å². The van der Waals surface area contributed by atoms with E-state index in [1.54, 1.807) is 6.07 Å². The summed E-state index contributed by atoms with van der Waals surface area (Å²) in [6.45, 7) is 0. The molecule has 1 aromatic heterocycles. The van der Waals surface area contributed by atoms with Crippen molar-refractivity contribution in [2.45, 2.75) is 4.90 Å². The second kappa shape index (κ2) is 6.54. The van der Waals surface area contributed by atoms with Crippen molar-refractivity contribution in [3.05, 3.63) is 47.4 Å². The third-order valence-corrected chi connectivity index (χ3v) is 3.83. The van der Waals surface area contributed by atoms with E-state index in [4.69, 9.17) is 16.3 Å². The van der Waals surface area contributed by atoms with E-state index in [1.165, 1.54) is 31.3 Å². The van der Waals surface area contributed by atoms with Crippen LogP contribution in [0.25, 0.3) is 0 Å². The summed E-state index contributed by atoms with van der Waals surface area (Å²) < 4.78 is 5.01. The van der Waals surface area contributed by atoms with Crippen LogP contribution < -0.4 is 4.74 Å². The molecule has 0 spiro atoms. The van der Waals surface area contributed by atoms with Crippen LogP contribution >= 0.6 is 23.4 Å². The Morgan fingerprint density at radius 3 is 2.79 bits per heavy atom. The van der Waals surface area contributed by atoms with Crippen LogP contribution in [0.3, 0.4) is 0 Å². The van der Waals surface area contributed by atoms with Gasteiger partial charge in [-0.25, -0.2) is 9.97 Å². The van der Waals surface area contributed by atoms with Crippen molar-refractivity contribution in [3.63, 3.8) is 0 Å². The van der Waals surface area contributed by atoms with Gasteiger partial charge in [-0.2, -0.15) is 0 Å². The van der Waals surface area contributed by atoms with Gasteiger partial charge in [0.25, 0.3) is 0 Å². The van der Waals surface area contributed by atoms with Crippen molar-refractivity contribution in [1.82, 2.24) is 9.97 Å². The second-order valence-electron chi connectivity index (χ2n) is 3.56. The third-order valence-electron chi connectivity index (χ3n) is 2.32. The van der Waals surface area contributed by atoms with Gasteiger partial charge in [-0.15, -0.1) is 11.8 Å². The first kappa shape index (κ1) is 13.8. The highest BCUT2D eigenvalue weighted by Gasteiger charge is 2.15. The average molecular weight is 295 g/mol. The summed E-state index contributed by atoms with van der Waals surface area (Å²) in [5.74, 6) is 0.334. The number of methoxy groups -OCH3 is 1. The Bertz CT molecular complexity index is 592. The maximum atomic E-state index is 12.1. The number of carbonyl (C=O) groups excluding carboxylic acids is 1. The lowest BCUT2D eigenvalue weighted by Gasteiger charge is -2.05. The largest absolute Gasteiger partial charge is 0.479 e. The van der Waals surface area contributed by atoms with E-state index >= 15 is 0 Å². The molecule has 0 aliphatic carbocycles. The zero-order valence-corrected chi connectivity index (χ0v) is 11.7. The van der Waals surface area contributed by atoms with Crippen molar-refractivity contribution < 1.29 is 9.53 Å². The number of rotatable bonds is 5. The molecular formula is C13H11ClN2O2S. The first-order valence-corrected chi connectivity index (χ1v) is 6.84. The van der Waals surface area contributed by atoms with E-state index in [0.717, 1.165) is 4.90 Å². The molecule has 6 heteroatoms. The van der Waals surface area contributed by atoms with Crippen LogP contribution in [0.15, 0.2) is 41.6 Å². The first-order chi connectivity index (χ1) is 9.22. The van der Waals surface area contributed by atoms with Crippen molar-refractivity contribution in [3.8, 4) is 5.88 Å². The van der Waals surface area contributed by atoms with Crippen molar-refractivity contribution in [1.29, 1.82) is 0 Å². The monoisotopic (exact) mass is 294 g/mol. The number of thioether (sulfide) groups is 1. The predicted molar refractivity (Wildman–Crippen MR) is 75.1 cm³/mol. The molecule has 2 rings (SSSR count). The highest BCUT2D eigenvalue weighted by Crippen LogP contribution is 2.27. The fourth-order valence-electron chi connectivity index (χ4n) is 1.44. The first-order valence-electron chi connectivity index (χ1n) is 5.48. The highest BCUT2D eigenvalue weighted by atomic mass is 35.5. The van der Waals surface area contributed by atoms with Crippen molar-refractivity contribution >= 4 is 29.1 Å². The summed E-state index contributed by atoms with van der Waals surface area (Å²) in [4.78, 5) is 20.9. The third kappa shape index (κ3) is 3.45. The minimum absolute atomic E-state index is 0.144. The molecule has 0 bridgehead atoms. The van der Waals surface area contributed by atoms with E-state index in [0.29, 0.717) is 5.02 Å². The molecule has 0 saturated heterocycles. The predicted octanol–water partition coefficient (Wildman–Crippen LogP) is 3.11. The van der Waals surface area contributed by atoms with Gasteiger partial charge in [-0.3, -0.25) is 4.79 Å². The van der Waals surface area contributed by atoms with Crippen molar-refractivity contribution in [2.24, 2.45) is 0 Å². The number of hydrogen-bond acceptors (Lipinski definition) is 5. The molecular weight excluding hydrogens is 284 g/mol. The van der Waals surface area contributed by atoms with E-state index in [9.17, 15) is 4.79 Å². The van der Waals surface area contributed by atoms with Gasteiger partial charge < -0.3 is 4.74 Å². The van der Waals surface area contributed by atoms with Gasteiger partial charge >= 0.3 is 0 Å². The highest BCUT2D eigenvalue weighted by molar-refractivity contribution is 8.00. The average Bonchev–Trinajstić information content (AvgIpc) is 2.46. The summed E-state index contributed by atoms with van der Waals surface area (Å²) in [6, 6.07) is 7.38. The van der Waals surface area contributed by atoms with Gasteiger partial charge in [0.05, 0.1) is 17.9 Å². The number of Topliss-reactive ketones (excluding diaryl/α,β-unsaturated/α-hetero) is 1. The van der Waals surface area contributed by atoms with Crippen LogP contribution in [0, 0.1) is 0 Å². The minimum Gasteiger partial charge on any atom is -0.479 e. The molecule has 0 radical (unpaired) electrons. The van der Waals surface area contributed by atoms with Gasteiger partial charge in [0.1, 0.15) is 0 Å². The summed E-state index contributed by atoms with van der Waals surface area (Å²) >= 11 is 7.39. The van der Waals surface area contributed by atoms with E-state index in [1.807, 2.05) is 18.2 Å². The Hall–Kier alpha value is -1.59. The van der Waals surface area contributed by atoms with E-state index < -0.39 is 0 Å². The van der Waals surface area contributed by atoms with Gasteiger partial charge in [0, 0.05) is 17.3 Å². The molecule has 0 fully saturated rings. The Morgan fingerprint density at radius 1 is 1.32 bits per heavy atom. The minimum atomic E-state index is -0.144. The number of benzene rings is 1. The molecule has 4 nitrogen and oxygen atoms in total. The van der Waals surface area contributed by atoms with E-state index in [2.05, 4.69) is 9.97 Å². The Kier molecular flexibility index (Phi) is 4.76.